The van der Waals surface area contributed by atoms with Crippen LogP contribution in [0.5, 0.6) is 0 Å². The molecular weight excluding hydrogens is 522 g/mol. The molecule has 0 amide bonds. The Kier molecular flexibility index (Phi) is 6.77. The Morgan fingerprint density at radius 1 is 0.974 bits per heavy atom. The van der Waals surface area contributed by atoms with E-state index in [9.17, 15) is 8.42 Å². The van der Waals surface area contributed by atoms with Crippen molar-refractivity contribution in [3.05, 3.63) is 12.4 Å². The van der Waals surface area contributed by atoms with Gasteiger partial charge in [-0.3, -0.25) is 4.57 Å². The number of hydrogen-bond donors (Lipinski definition) is 2. The highest BCUT2D eigenvalue weighted by molar-refractivity contribution is 7.88. The molecule has 3 atom stereocenters. The number of fused-ring (bicyclic) bond motifs is 1. The van der Waals surface area contributed by atoms with Gasteiger partial charge in [0.25, 0.3) is 0 Å². The molecule has 3 aliphatic rings. The van der Waals surface area contributed by atoms with Gasteiger partial charge in [0.1, 0.15) is 0 Å². The predicted octanol–water partition coefficient (Wildman–Crippen LogP) is 0.0951. The summed E-state index contributed by atoms with van der Waals surface area (Å²) in [6, 6.07) is 0.416. The normalized spacial score (nSPS) is 25.1. The smallest absolute Gasteiger partial charge is 0.219 e. The SMILES string of the molecule is CC1CN(c2nc3c(N4CCOCC4)nc(-c4cnc(N)nc4)nc3n2[C@H]2CCN(S(C)(=O)=O)C2)CC(C)N1. The van der Waals surface area contributed by atoms with Gasteiger partial charge < -0.3 is 25.6 Å². The van der Waals surface area contributed by atoms with Crippen molar-refractivity contribution in [1.29, 1.82) is 0 Å². The summed E-state index contributed by atoms with van der Waals surface area (Å²) in [5.74, 6) is 2.16. The third kappa shape index (κ3) is 5.11. The molecule has 0 saturated carbocycles. The van der Waals surface area contributed by atoms with Crippen LogP contribution in [0.25, 0.3) is 22.6 Å². The number of morpholine rings is 1. The molecule has 6 heterocycles. The molecule has 0 spiro atoms. The highest BCUT2D eigenvalue weighted by Gasteiger charge is 2.36. The van der Waals surface area contributed by atoms with E-state index in [4.69, 9.17) is 25.4 Å². The summed E-state index contributed by atoms with van der Waals surface area (Å²) in [4.78, 5) is 27.9. The van der Waals surface area contributed by atoms with Gasteiger partial charge in [-0.15, -0.1) is 0 Å². The quantitative estimate of drug-likeness (QED) is 0.436. The van der Waals surface area contributed by atoms with Crippen molar-refractivity contribution in [2.45, 2.75) is 38.4 Å². The number of anilines is 3. The molecule has 14 nitrogen and oxygen atoms in total. The molecule has 0 bridgehead atoms. The summed E-state index contributed by atoms with van der Waals surface area (Å²) in [5.41, 5.74) is 7.76. The number of hydrogen-bond acceptors (Lipinski definition) is 12. The van der Waals surface area contributed by atoms with Crippen LogP contribution in [0.3, 0.4) is 0 Å². The average molecular weight is 558 g/mol. The van der Waals surface area contributed by atoms with Gasteiger partial charge in [0.15, 0.2) is 22.8 Å². The van der Waals surface area contributed by atoms with Crippen LogP contribution in [0.4, 0.5) is 17.7 Å². The van der Waals surface area contributed by atoms with E-state index in [1.807, 2.05) is 0 Å². The molecule has 3 aromatic heterocycles. The molecule has 3 saturated heterocycles. The fourth-order valence-corrected chi connectivity index (χ4v) is 6.68. The van der Waals surface area contributed by atoms with E-state index < -0.39 is 10.0 Å². The molecule has 0 radical (unpaired) electrons. The lowest BCUT2D eigenvalue weighted by Crippen LogP contribution is -2.55. The monoisotopic (exact) mass is 557 g/mol. The second-order valence-corrected chi connectivity index (χ2v) is 12.7. The van der Waals surface area contributed by atoms with Gasteiger partial charge in [-0.05, 0) is 20.3 Å². The zero-order chi connectivity index (χ0) is 27.3. The van der Waals surface area contributed by atoms with Crippen molar-refractivity contribution < 1.29 is 13.2 Å². The topological polar surface area (TPSA) is 161 Å². The van der Waals surface area contributed by atoms with Crippen molar-refractivity contribution in [2.75, 3.05) is 74.3 Å². The highest BCUT2D eigenvalue weighted by Crippen LogP contribution is 2.37. The van der Waals surface area contributed by atoms with Crippen LogP contribution >= 0.6 is 0 Å². The molecule has 39 heavy (non-hydrogen) atoms. The molecule has 210 valence electrons. The Hall–Kier alpha value is -3.14. The predicted molar refractivity (Wildman–Crippen MR) is 148 cm³/mol. The Morgan fingerprint density at radius 2 is 1.67 bits per heavy atom. The van der Waals surface area contributed by atoms with Crippen LogP contribution in [0.15, 0.2) is 12.4 Å². The Labute approximate surface area is 227 Å². The van der Waals surface area contributed by atoms with E-state index >= 15 is 0 Å². The largest absolute Gasteiger partial charge is 0.378 e. The summed E-state index contributed by atoms with van der Waals surface area (Å²) >= 11 is 0. The van der Waals surface area contributed by atoms with E-state index in [0.29, 0.717) is 68.4 Å². The number of nitrogen functional groups attached to an aromatic ring is 1. The van der Waals surface area contributed by atoms with Crippen LogP contribution in [0.1, 0.15) is 26.3 Å². The zero-order valence-corrected chi connectivity index (χ0v) is 23.3. The third-order valence-electron chi connectivity index (χ3n) is 7.54. The minimum absolute atomic E-state index is 0.122. The van der Waals surface area contributed by atoms with Crippen molar-refractivity contribution >= 4 is 38.9 Å². The number of rotatable bonds is 5. The first-order valence-electron chi connectivity index (χ1n) is 13.3. The summed E-state index contributed by atoms with van der Waals surface area (Å²) in [6.07, 6.45) is 5.17. The van der Waals surface area contributed by atoms with Crippen LogP contribution in [-0.4, -0.2) is 113 Å². The Bertz CT molecular complexity index is 1450. The van der Waals surface area contributed by atoms with E-state index in [2.05, 4.69) is 43.5 Å². The Morgan fingerprint density at radius 3 is 2.31 bits per heavy atom. The average Bonchev–Trinajstić information content (AvgIpc) is 3.54. The van der Waals surface area contributed by atoms with Crippen LogP contribution in [-0.2, 0) is 14.8 Å². The first-order chi connectivity index (χ1) is 18.7. The van der Waals surface area contributed by atoms with Gasteiger partial charge in [0.05, 0.1) is 31.1 Å². The molecule has 3 fully saturated rings. The summed E-state index contributed by atoms with van der Waals surface area (Å²) in [7, 11) is -3.32. The molecule has 3 N–H and O–H groups in total. The molecule has 0 aromatic carbocycles. The lowest BCUT2D eigenvalue weighted by molar-refractivity contribution is 0.122. The first-order valence-corrected chi connectivity index (χ1v) is 15.2. The minimum Gasteiger partial charge on any atom is -0.378 e. The highest BCUT2D eigenvalue weighted by atomic mass is 32.2. The molecule has 3 aliphatic heterocycles. The number of imidazole rings is 1. The van der Waals surface area contributed by atoms with Gasteiger partial charge in [0, 0.05) is 63.7 Å². The van der Waals surface area contributed by atoms with Gasteiger partial charge in [0.2, 0.25) is 21.9 Å². The Balaban J connectivity index is 1.56. The number of nitrogens with one attached hydrogen (secondary N) is 1. The molecule has 2 unspecified atom stereocenters. The van der Waals surface area contributed by atoms with Crippen molar-refractivity contribution in [2.24, 2.45) is 0 Å². The van der Waals surface area contributed by atoms with Gasteiger partial charge in [-0.2, -0.15) is 0 Å². The number of piperazine rings is 1. The van der Waals surface area contributed by atoms with Gasteiger partial charge >= 0.3 is 0 Å². The molecular formula is C24H35N11O3S. The maximum absolute atomic E-state index is 12.4. The number of ether oxygens (including phenoxy) is 1. The standard InChI is InChI=1S/C24H35N11O3S/c1-15-12-33(13-16(2)28-15)24-29-19-21(32-6-8-38-9-7-32)30-20(17-10-26-23(25)27-11-17)31-22(19)35(24)18-4-5-34(14-18)39(3,36)37/h10-11,15-16,18,28H,4-9,12-14H2,1-3H3,(H2,25,26,27)/t15?,16?,18-/m0/s1. The van der Waals surface area contributed by atoms with E-state index in [0.717, 1.165) is 24.9 Å². The van der Waals surface area contributed by atoms with Crippen LogP contribution < -0.4 is 20.9 Å². The van der Waals surface area contributed by atoms with E-state index in [1.54, 1.807) is 12.4 Å². The molecule has 0 aliphatic carbocycles. The maximum Gasteiger partial charge on any atom is 0.219 e. The zero-order valence-electron chi connectivity index (χ0n) is 22.5. The maximum atomic E-state index is 12.4. The van der Waals surface area contributed by atoms with Gasteiger partial charge in [-0.25, -0.2) is 37.6 Å². The first kappa shape index (κ1) is 26.1. The van der Waals surface area contributed by atoms with E-state index in [1.165, 1.54) is 10.6 Å². The van der Waals surface area contributed by atoms with Crippen molar-refractivity contribution in [3.8, 4) is 11.4 Å². The molecule has 15 heteroatoms. The lowest BCUT2D eigenvalue weighted by Gasteiger charge is -2.37. The van der Waals surface area contributed by atoms with Crippen molar-refractivity contribution in [3.63, 3.8) is 0 Å². The number of sulfonamides is 1. The second kappa shape index (κ2) is 10.1. The van der Waals surface area contributed by atoms with Crippen LogP contribution in [0.2, 0.25) is 0 Å². The summed E-state index contributed by atoms with van der Waals surface area (Å²) in [6.45, 7) is 9.24. The van der Waals surface area contributed by atoms with Crippen molar-refractivity contribution in [1.82, 2.24) is 39.1 Å². The number of nitrogens with two attached hydrogens (primary N) is 1. The minimum atomic E-state index is -3.32. The van der Waals surface area contributed by atoms with Gasteiger partial charge in [-0.1, -0.05) is 0 Å². The summed E-state index contributed by atoms with van der Waals surface area (Å²) < 4.78 is 34.1. The molecule has 6 rings (SSSR count). The number of nitrogens with zero attached hydrogens (tertiary/aromatic N) is 9. The lowest BCUT2D eigenvalue weighted by atomic mass is 10.1. The van der Waals surface area contributed by atoms with Crippen LogP contribution in [0, 0.1) is 0 Å². The second-order valence-electron chi connectivity index (χ2n) is 10.7. The fraction of sp³-hybridized carbons (Fsp3) is 0.625. The molecule has 3 aromatic rings. The summed E-state index contributed by atoms with van der Waals surface area (Å²) in [5, 5.41) is 3.59. The third-order valence-corrected chi connectivity index (χ3v) is 8.81. The fourth-order valence-electron chi connectivity index (χ4n) is 5.80. The van der Waals surface area contributed by atoms with E-state index in [-0.39, 0.29) is 24.1 Å². The number of aromatic nitrogens is 6.